The van der Waals surface area contributed by atoms with E-state index in [0.29, 0.717) is 10.6 Å². The molecule has 0 spiro atoms. The first-order chi connectivity index (χ1) is 12.0. The quantitative estimate of drug-likeness (QED) is 0.620. The molecule has 6 nitrogen and oxygen atoms in total. The standard InChI is InChI=1S/C18H12ClNO5/c19-17(23)13-5-1-11(2-6-13)12-3-7-14(8-4-12)18(24)25-20-15(21)9-10-16(20)22/h1-8H,9-10H2. The lowest BCUT2D eigenvalue weighted by molar-refractivity contribution is -0.172. The third kappa shape index (κ3) is 3.59. The van der Waals surface area contributed by atoms with Gasteiger partial charge in [0.05, 0.1) is 5.56 Å². The maximum atomic E-state index is 12.0. The molecule has 2 amide bonds. The van der Waals surface area contributed by atoms with E-state index in [-0.39, 0.29) is 18.4 Å². The molecule has 0 unspecified atom stereocenters. The number of carbonyl (C=O) groups is 4. The number of hydroxylamine groups is 2. The van der Waals surface area contributed by atoms with Crippen LogP contribution in [0.4, 0.5) is 0 Å². The Morgan fingerprint density at radius 3 is 1.68 bits per heavy atom. The Labute approximate surface area is 147 Å². The molecule has 0 N–H and O–H groups in total. The number of rotatable bonds is 4. The summed E-state index contributed by atoms with van der Waals surface area (Å²) in [5.74, 6) is -1.83. The molecule has 1 aliphatic rings. The summed E-state index contributed by atoms with van der Waals surface area (Å²) >= 11 is 5.41. The molecular formula is C18H12ClNO5. The van der Waals surface area contributed by atoms with Crippen molar-refractivity contribution in [1.29, 1.82) is 0 Å². The number of imide groups is 1. The van der Waals surface area contributed by atoms with Crippen LogP contribution in [-0.2, 0) is 14.4 Å². The molecule has 1 saturated heterocycles. The van der Waals surface area contributed by atoms with Crippen LogP contribution in [0.2, 0.25) is 0 Å². The van der Waals surface area contributed by atoms with E-state index in [1.54, 1.807) is 36.4 Å². The van der Waals surface area contributed by atoms with Crippen molar-refractivity contribution in [2.45, 2.75) is 12.8 Å². The van der Waals surface area contributed by atoms with Gasteiger partial charge in [0, 0.05) is 18.4 Å². The maximum absolute atomic E-state index is 12.0. The average molecular weight is 358 g/mol. The first-order valence-corrected chi connectivity index (χ1v) is 7.82. The third-order valence-corrected chi connectivity index (χ3v) is 3.96. The largest absolute Gasteiger partial charge is 0.363 e. The highest BCUT2D eigenvalue weighted by atomic mass is 35.5. The van der Waals surface area contributed by atoms with Crippen molar-refractivity contribution in [2.24, 2.45) is 0 Å². The Morgan fingerprint density at radius 1 is 0.800 bits per heavy atom. The summed E-state index contributed by atoms with van der Waals surface area (Å²) in [5, 5.41) is -0.0198. The van der Waals surface area contributed by atoms with Crippen molar-refractivity contribution in [3.63, 3.8) is 0 Å². The zero-order chi connectivity index (χ0) is 18.0. The van der Waals surface area contributed by atoms with Crippen molar-refractivity contribution >= 4 is 34.6 Å². The van der Waals surface area contributed by atoms with Gasteiger partial charge < -0.3 is 4.84 Å². The molecule has 0 atom stereocenters. The molecule has 1 heterocycles. The van der Waals surface area contributed by atoms with Crippen molar-refractivity contribution in [3.05, 3.63) is 59.7 Å². The Hall–Kier alpha value is -2.99. The van der Waals surface area contributed by atoms with Crippen LogP contribution >= 0.6 is 11.6 Å². The second-order valence-electron chi connectivity index (χ2n) is 5.39. The first-order valence-electron chi connectivity index (χ1n) is 7.44. The summed E-state index contributed by atoms with van der Waals surface area (Å²) in [6.45, 7) is 0. The molecule has 1 aliphatic heterocycles. The van der Waals surface area contributed by atoms with Gasteiger partial charge in [0.15, 0.2) is 0 Å². The van der Waals surface area contributed by atoms with E-state index in [2.05, 4.69) is 0 Å². The fraction of sp³-hybridized carbons (Fsp3) is 0.111. The van der Waals surface area contributed by atoms with Crippen LogP contribution in [0.3, 0.4) is 0 Å². The summed E-state index contributed by atoms with van der Waals surface area (Å²) < 4.78 is 0. The van der Waals surface area contributed by atoms with Gasteiger partial charge in [-0.1, -0.05) is 24.3 Å². The van der Waals surface area contributed by atoms with Crippen LogP contribution in [-0.4, -0.2) is 28.1 Å². The van der Waals surface area contributed by atoms with E-state index >= 15 is 0 Å². The summed E-state index contributed by atoms with van der Waals surface area (Å²) in [5.41, 5.74) is 2.26. The fourth-order valence-electron chi connectivity index (χ4n) is 2.39. The van der Waals surface area contributed by atoms with Gasteiger partial charge in [-0.15, -0.1) is 5.06 Å². The molecule has 25 heavy (non-hydrogen) atoms. The van der Waals surface area contributed by atoms with E-state index < -0.39 is 23.0 Å². The number of halogens is 1. The summed E-state index contributed by atoms with van der Waals surface area (Å²) in [7, 11) is 0. The number of hydrogen-bond donors (Lipinski definition) is 0. The van der Waals surface area contributed by atoms with Gasteiger partial charge >= 0.3 is 5.97 Å². The van der Waals surface area contributed by atoms with E-state index in [0.717, 1.165) is 11.1 Å². The molecular weight excluding hydrogens is 346 g/mol. The van der Waals surface area contributed by atoms with Crippen LogP contribution in [0.25, 0.3) is 11.1 Å². The molecule has 0 radical (unpaired) electrons. The van der Waals surface area contributed by atoms with Crippen molar-refractivity contribution < 1.29 is 24.0 Å². The Balaban J connectivity index is 1.73. The van der Waals surface area contributed by atoms with E-state index in [9.17, 15) is 19.2 Å². The van der Waals surface area contributed by atoms with Crippen LogP contribution in [0.5, 0.6) is 0 Å². The van der Waals surface area contributed by atoms with Gasteiger partial charge in [0.2, 0.25) is 0 Å². The molecule has 0 aliphatic carbocycles. The molecule has 0 aromatic heterocycles. The maximum Gasteiger partial charge on any atom is 0.363 e. The number of carbonyl (C=O) groups excluding carboxylic acids is 4. The lowest BCUT2D eigenvalue weighted by Crippen LogP contribution is -2.32. The lowest BCUT2D eigenvalue weighted by Gasteiger charge is -2.12. The number of amides is 2. The number of nitrogens with zero attached hydrogens (tertiary/aromatic N) is 1. The van der Waals surface area contributed by atoms with Crippen LogP contribution in [0.15, 0.2) is 48.5 Å². The highest BCUT2D eigenvalue weighted by Gasteiger charge is 2.33. The summed E-state index contributed by atoms with van der Waals surface area (Å²) in [6, 6.07) is 13.2. The van der Waals surface area contributed by atoms with Gasteiger partial charge in [-0.3, -0.25) is 14.4 Å². The lowest BCUT2D eigenvalue weighted by atomic mass is 10.0. The van der Waals surface area contributed by atoms with Crippen molar-refractivity contribution in [1.82, 2.24) is 5.06 Å². The fourth-order valence-corrected chi connectivity index (χ4v) is 2.51. The third-order valence-electron chi connectivity index (χ3n) is 3.75. The molecule has 0 bridgehead atoms. The molecule has 7 heteroatoms. The van der Waals surface area contributed by atoms with Crippen LogP contribution in [0, 0.1) is 0 Å². The molecule has 2 aromatic rings. The smallest absolute Gasteiger partial charge is 0.325 e. The van der Waals surface area contributed by atoms with E-state index in [1.807, 2.05) is 0 Å². The van der Waals surface area contributed by atoms with Crippen molar-refractivity contribution in [2.75, 3.05) is 0 Å². The Bertz CT molecular complexity index is 842. The minimum Gasteiger partial charge on any atom is -0.325 e. The minimum absolute atomic E-state index is 0.0475. The molecule has 126 valence electrons. The molecule has 1 fully saturated rings. The van der Waals surface area contributed by atoms with Gasteiger partial charge in [-0.05, 0) is 47.0 Å². The zero-order valence-corrected chi connectivity index (χ0v) is 13.7. The highest BCUT2D eigenvalue weighted by molar-refractivity contribution is 6.67. The first kappa shape index (κ1) is 16.9. The zero-order valence-electron chi connectivity index (χ0n) is 12.9. The second kappa shape index (κ2) is 6.86. The second-order valence-corrected chi connectivity index (χ2v) is 5.73. The van der Waals surface area contributed by atoms with Crippen molar-refractivity contribution in [3.8, 4) is 11.1 Å². The van der Waals surface area contributed by atoms with E-state index in [1.165, 1.54) is 12.1 Å². The monoisotopic (exact) mass is 357 g/mol. The number of benzene rings is 2. The van der Waals surface area contributed by atoms with Crippen LogP contribution < -0.4 is 0 Å². The SMILES string of the molecule is O=C(Cl)c1ccc(-c2ccc(C(=O)ON3C(=O)CCC3=O)cc2)cc1. The normalized spacial score (nSPS) is 13.9. The Kier molecular flexibility index (Phi) is 4.63. The van der Waals surface area contributed by atoms with Gasteiger partial charge in [-0.2, -0.15) is 0 Å². The van der Waals surface area contributed by atoms with Crippen LogP contribution in [0.1, 0.15) is 33.6 Å². The number of hydrogen-bond acceptors (Lipinski definition) is 5. The highest BCUT2D eigenvalue weighted by Crippen LogP contribution is 2.22. The summed E-state index contributed by atoms with van der Waals surface area (Å²) in [6.07, 6.45) is 0.0949. The van der Waals surface area contributed by atoms with Gasteiger partial charge in [0.25, 0.3) is 17.1 Å². The predicted octanol–water partition coefficient (Wildman–Crippen LogP) is 2.95. The average Bonchev–Trinajstić information content (AvgIpc) is 2.94. The molecule has 3 rings (SSSR count). The minimum atomic E-state index is -0.779. The molecule has 2 aromatic carbocycles. The van der Waals surface area contributed by atoms with Gasteiger partial charge in [0.1, 0.15) is 0 Å². The topological polar surface area (TPSA) is 80.8 Å². The Morgan fingerprint density at radius 2 is 1.24 bits per heavy atom. The summed E-state index contributed by atoms with van der Waals surface area (Å²) in [4.78, 5) is 50.9. The van der Waals surface area contributed by atoms with Gasteiger partial charge in [-0.25, -0.2) is 4.79 Å². The predicted molar refractivity (Wildman–Crippen MR) is 88.6 cm³/mol. The van der Waals surface area contributed by atoms with E-state index in [4.69, 9.17) is 16.4 Å². The molecule has 0 saturated carbocycles.